The maximum absolute atomic E-state index is 13.7. The number of para-hydroxylation sites is 1. The zero-order valence-corrected chi connectivity index (χ0v) is 14.7. The molecule has 0 radical (unpaired) electrons. The number of halogens is 2. The quantitative estimate of drug-likeness (QED) is 0.717. The van der Waals surface area contributed by atoms with Crippen LogP contribution in [0.25, 0.3) is 5.69 Å². The van der Waals surface area contributed by atoms with Gasteiger partial charge in [0.15, 0.2) is 0 Å². The summed E-state index contributed by atoms with van der Waals surface area (Å²) >= 11 is 0. The van der Waals surface area contributed by atoms with Crippen LogP contribution in [0.2, 0.25) is 0 Å². The van der Waals surface area contributed by atoms with Crippen molar-refractivity contribution in [2.45, 2.75) is 19.9 Å². The molecule has 0 spiro atoms. The Bertz CT molecular complexity index is 735. The molecule has 9 heteroatoms. The van der Waals surface area contributed by atoms with E-state index < -0.39 is 17.8 Å². The summed E-state index contributed by atoms with van der Waals surface area (Å²) in [6.07, 6.45) is 2.88. The highest BCUT2D eigenvalue weighted by Crippen LogP contribution is 2.14. The Morgan fingerprint density at radius 2 is 2.00 bits per heavy atom. The molecule has 7 nitrogen and oxygen atoms in total. The summed E-state index contributed by atoms with van der Waals surface area (Å²) in [6.45, 7) is 3.44. The minimum atomic E-state index is -0.665. The molecule has 0 bridgehead atoms. The third-order valence-corrected chi connectivity index (χ3v) is 3.41. The van der Waals surface area contributed by atoms with Gasteiger partial charge in [-0.25, -0.2) is 9.07 Å². The Hall–Kier alpha value is -2.45. The number of amides is 2. The lowest BCUT2D eigenvalue weighted by molar-refractivity contribution is -0.125. The van der Waals surface area contributed by atoms with Crippen molar-refractivity contribution in [3.05, 3.63) is 42.5 Å². The summed E-state index contributed by atoms with van der Waals surface area (Å²) in [6, 6.07) is 5.49. The predicted octanol–water partition coefficient (Wildman–Crippen LogP) is 1.47. The number of carbonyl (C=O) groups is 2. The number of carbonyl (C=O) groups excluding carboxylic acids is 2. The van der Waals surface area contributed by atoms with Crippen molar-refractivity contribution >= 4 is 29.9 Å². The molecule has 4 N–H and O–H groups in total. The molecule has 0 aliphatic heterocycles. The van der Waals surface area contributed by atoms with E-state index in [9.17, 15) is 14.0 Å². The van der Waals surface area contributed by atoms with E-state index in [1.54, 1.807) is 18.2 Å². The monoisotopic (exact) mass is 369 g/mol. The first-order chi connectivity index (χ1) is 11.4. The molecule has 0 saturated carbocycles. The minimum absolute atomic E-state index is 0. The fourth-order valence-electron chi connectivity index (χ4n) is 1.95. The maximum Gasteiger partial charge on any atom is 0.243 e. The fraction of sp³-hybridized carbons (Fsp3) is 0.312. The van der Waals surface area contributed by atoms with Gasteiger partial charge in [-0.2, -0.15) is 5.10 Å². The van der Waals surface area contributed by atoms with Crippen LogP contribution in [0, 0.1) is 11.7 Å². The van der Waals surface area contributed by atoms with E-state index in [-0.39, 0.29) is 36.5 Å². The summed E-state index contributed by atoms with van der Waals surface area (Å²) in [7, 11) is 0. The van der Waals surface area contributed by atoms with Gasteiger partial charge in [-0.3, -0.25) is 9.59 Å². The molecule has 2 amide bonds. The first-order valence-electron chi connectivity index (χ1n) is 7.51. The first kappa shape index (κ1) is 20.6. The van der Waals surface area contributed by atoms with Crippen molar-refractivity contribution < 1.29 is 14.0 Å². The number of nitrogens with two attached hydrogens (primary N) is 1. The Kier molecular flexibility index (Phi) is 7.53. The topological polar surface area (TPSA) is 102 Å². The van der Waals surface area contributed by atoms with Crippen LogP contribution >= 0.6 is 12.4 Å². The standard InChI is InChI=1S/C16H20FN5O2.ClH/c1-10(2)15(18)16(24)19-8-14(23)21-11-7-20-22(9-11)13-6-4-3-5-12(13)17;/h3-7,9-10,15H,8,18H2,1-2H3,(H,19,24)(H,21,23);1H/t15-;/m0./s1. The van der Waals surface area contributed by atoms with Crippen molar-refractivity contribution in [1.82, 2.24) is 15.1 Å². The molecular formula is C16H21ClFN5O2. The van der Waals surface area contributed by atoms with Crippen molar-refractivity contribution in [3.8, 4) is 5.69 Å². The van der Waals surface area contributed by atoms with Gasteiger partial charge in [-0.05, 0) is 18.1 Å². The van der Waals surface area contributed by atoms with Gasteiger partial charge in [0.05, 0.1) is 30.7 Å². The van der Waals surface area contributed by atoms with Gasteiger partial charge in [-0.15, -0.1) is 12.4 Å². The first-order valence-corrected chi connectivity index (χ1v) is 7.51. The number of hydrogen-bond donors (Lipinski definition) is 3. The van der Waals surface area contributed by atoms with Crippen LogP contribution in [-0.2, 0) is 9.59 Å². The second-order valence-corrected chi connectivity index (χ2v) is 5.66. The number of aromatic nitrogens is 2. The third-order valence-electron chi connectivity index (χ3n) is 3.41. The van der Waals surface area contributed by atoms with Gasteiger partial charge in [0.1, 0.15) is 11.5 Å². The summed E-state index contributed by atoms with van der Waals surface area (Å²) in [4.78, 5) is 23.5. The van der Waals surface area contributed by atoms with E-state index in [2.05, 4.69) is 15.7 Å². The summed E-state index contributed by atoms with van der Waals surface area (Å²) < 4.78 is 15.0. The summed E-state index contributed by atoms with van der Waals surface area (Å²) in [5, 5.41) is 9.04. The maximum atomic E-state index is 13.7. The molecule has 0 fully saturated rings. The van der Waals surface area contributed by atoms with Crippen LogP contribution in [0.4, 0.5) is 10.1 Å². The molecule has 1 heterocycles. The summed E-state index contributed by atoms with van der Waals surface area (Å²) in [5.74, 6) is -1.25. The Balaban J connectivity index is 0.00000312. The highest BCUT2D eigenvalue weighted by molar-refractivity contribution is 5.95. The molecule has 0 aliphatic carbocycles. The number of hydrogen-bond acceptors (Lipinski definition) is 4. The van der Waals surface area contributed by atoms with E-state index >= 15 is 0 Å². The van der Waals surface area contributed by atoms with E-state index in [1.807, 2.05) is 13.8 Å². The van der Waals surface area contributed by atoms with Gasteiger partial charge in [0, 0.05) is 0 Å². The van der Waals surface area contributed by atoms with Crippen LogP contribution in [0.3, 0.4) is 0 Å². The zero-order valence-electron chi connectivity index (χ0n) is 13.9. The molecule has 1 aromatic carbocycles. The van der Waals surface area contributed by atoms with Gasteiger partial charge in [-0.1, -0.05) is 26.0 Å². The second-order valence-electron chi connectivity index (χ2n) is 5.66. The van der Waals surface area contributed by atoms with Gasteiger partial charge >= 0.3 is 0 Å². The Labute approximate surface area is 151 Å². The van der Waals surface area contributed by atoms with Crippen LogP contribution in [-0.4, -0.2) is 34.2 Å². The van der Waals surface area contributed by atoms with Crippen LogP contribution < -0.4 is 16.4 Å². The van der Waals surface area contributed by atoms with Crippen molar-refractivity contribution in [3.63, 3.8) is 0 Å². The van der Waals surface area contributed by atoms with E-state index in [4.69, 9.17) is 5.73 Å². The fourth-order valence-corrected chi connectivity index (χ4v) is 1.95. The SMILES string of the molecule is CC(C)[C@H](N)C(=O)NCC(=O)Nc1cnn(-c2ccccc2F)c1.Cl. The smallest absolute Gasteiger partial charge is 0.243 e. The highest BCUT2D eigenvalue weighted by atomic mass is 35.5. The van der Waals surface area contributed by atoms with Crippen molar-refractivity contribution in [2.24, 2.45) is 11.7 Å². The van der Waals surface area contributed by atoms with E-state index in [1.165, 1.54) is 23.1 Å². The lowest BCUT2D eigenvalue weighted by Crippen LogP contribution is -2.46. The van der Waals surface area contributed by atoms with Crippen molar-refractivity contribution in [1.29, 1.82) is 0 Å². The van der Waals surface area contributed by atoms with Gasteiger partial charge < -0.3 is 16.4 Å². The molecule has 1 aromatic heterocycles. The van der Waals surface area contributed by atoms with Gasteiger partial charge in [0.25, 0.3) is 0 Å². The van der Waals surface area contributed by atoms with Crippen LogP contribution in [0.1, 0.15) is 13.8 Å². The predicted molar refractivity (Wildman–Crippen MR) is 95.2 cm³/mol. The number of rotatable bonds is 6. The van der Waals surface area contributed by atoms with Crippen LogP contribution in [0.5, 0.6) is 0 Å². The Morgan fingerprint density at radius 1 is 1.32 bits per heavy atom. The lowest BCUT2D eigenvalue weighted by Gasteiger charge is -2.14. The average molecular weight is 370 g/mol. The lowest BCUT2D eigenvalue weighted by atomic mass is 10.1. The third kappa shape index (κ3) is 5.54. The number of benzene rings is 1. The molecule has 1 atom stereocenters. The number of nitrogens with zero attached hydrogens (tertiary/aromatic N) is 2. The normalized spacial score (nSPS) is 11.6. The van der Waals surface area contributed by atoms with Crippen molar-refractivity contribution in [2.75, 3.05) is 11.9 Å². The summed E-state index contributed by atoms with van der Waals surface area (Å²) in [5.41, 5.74) is 6.35. The average Bonchev–Trinajstić information content (AvgIpc) is 3.00. The molecule has 136 valence electrons. The Morgan fingerprint density at radius 3 is 2.64 bits per heavy atom. The molecule has 2 rings (SSSR count). The molecule has 2 aromatic rings. The molecule has 25 heavy (non-hydrogen) atoms. The minimum Gasteiger partial charge on any atom is -0.346 e. The number of nitrogens with one attached hydrogen (secondary N) is 2. The van der Waals surface area contributed by atoms with E-state index in [0.717, 1.165) is 0 Å². The molecule has 0 saturated heterocycles. The molecular weight excluding hydrogens is 349 g/mol. The largest absolute Gasteiger partial charge is 0.346 e. The van der Waals surface area contributed by atoms with Crippen LogP contribution in [0.15, 0.2) is 36.7 Å². The highest BCUT2D eigenvalue weighted by Gasteiger charge is 2.17. The number of anilines is 1. The second kappa shape index (κ2) is 9.14. The molecule has 0 aliphatic rings. The molecule has 0 unspecified atom stereocenters. The zero-order chi connectivity index (χ0) is 17.7. The van der Waals surface area contributed by atoms with E-state index in [0.29, 0.717) is 5.69 Å². The van der Waals surface area contributed by atoms with Gasteiger partial charge in [0.2, 0.25) is 11.8 Å².